The van der Waals surface area contributed by atoms with Gasteiger partial charge in [0.25, 0.3) is 0 Å². The van der Waals surface area contributed by atoms with Crippen LogP contribution in [-0.2, 0) is 4.79 Å². The molecule has 0 amide bonds. The minimum absolute atomic E-state index is 0.0236. The van der Waals surface area contributed by atoms with E-state index in [0.717, 1.165) is 0 Å². The summed E-state index contributed by atoms with van der Waals surface area (Å²) in [7, 11) is 0. The van der Waals surface area contributed by atoms with Crippen molar-refractivity contribution in [1.82, 2.24) is 0 Å². The predicted molar refractivity (Wildman–Crippen MR) is 40.0 cm³/mol. The second kappa shape index (κ2) is 3.66. The van der Waals surface area contributed by atoms with Crippen LogP contribution in [0, 0.1) is 4.91 Å². The molecule has 0 fully saturated rings. The summed E-state index contributed by atoms with van der Waals surface area (Å²) in [6.07, 6.45) is 0.624. The molecule has 0 radical (unpaired) electrons. The lowest BCUT2D eigenvalue weighted by atomic mass is 10.1. The highest BCUT2D eigenvalue weighted by atomic mass is 35.5. The van der Waals surface area contributed by atoms with Gasteiger partial charge in [-0.25, -0.2) is 0 Å². The molecular weight excluding hydrogens is 154 g/mol. The van der Waals surface area contributed by atoms with Crippen molar-refractivity contribution < 1.29 is 4.79 Å². The van der Waals surface area contributed by atoms with E-state index in [1.54, 1.807) is 0 Å². The van der Waals surface area contributed by atoms with Gasteiger partial charge in [-0.15, -0.1) is 4.91 Å². The van der Waals surface area contributed by atoms with E-state index in [4.69, 9.17) is 11.6 Å². The Morgan fingerprint density at radius 3 is 2.50 bits per heavy atom. The topological polar surface area (TPSA) is 46.5 Å². The fourth-order valence-corrected chi connectivity index (χ4v) is 0.544. The number of nitroso groups, excluding NO2 is 1. The van der Waals surface area contributed by atoms with E-state index >= 15 is 0 Å². The Morgan fingerprint density at radius 1 is 1.70 bits per heavy atom. The predicted octanol–water partition coefficient (Wildman–Crippen LogP) is 2.08. The maximum absolute atomic E-state index is 10.4. The Hall–Kier alpha value is -0.440. The largest absolute Gasteiger partial charge is 0.300 e. The third-order valence-electron chi connectivity index (χ3n) is 1.12. The molecule has 1 atom stereocenters. The van der Waals surface area contributed by atoms with Crippen LogP contribution < -0.4 is 0 Å². The second-order valence-electron chi connectivity index (χ2n) is 2.44. The molecule has 0 saturated carbocycles. The number of carbonyl (C=O) groups is 1. The Balaban J connectivity index is 3.67. The van der Waals surface area contributed by atoms with Crippen molar-refractivity contribution in [1.29, 1.82) is 0 Å². The smallest absolute Gasteiger partial charge is 0.173 e. The number of hydrogen-bond donors (Lipinski definition) is 0. The van der Waals surface area contributed by atoms with Crippen molar-refractivity contribution in [2.45, 2.75) is 31.7 Å². The van der Waals surface area contributed by atoms with Crippen molar-refractivity contribution in [3.63, 3.8) is 0 Å². The van der Waals surface area contributed by atoms with Crippen LogP contribution in [0.25, 0.3) is 0 Å². The molecule has 0 bridgehead atoms. The first-order chi connectivity index (χ1) is 4.48. The molecule has 0 heterocycles. The van der Waals surface area contributed by atoms with Crippen molar-refractivity contribution >= 4 is 17.4 Å². The summed E-state index contributed by atoms with van der Waals surface area (Å²) >= 11 is 5.53. The molecule has 0 aliphatic heterocycles. The number of Topliss-reactive ketones (excluding diaryl/α,β-unsaturated/α-hetero) is 1. The summed E-state index contributed by atoms with van der Waals surface area (Å²) in [6, 6.07) is 0. The fourth-order valence-electron chi connectivity index (χ4n) is 0.450. The molecule has 1 unspecified atom stereocenters. The van der Waals surface area contributed by atoms with E-state index in [-0.39, 0.29) is 5.78 Å². The third kappa shape index (κ3) is 4.44. The van der Waals surface area contributed by atoms with E-state index in [1.165, 1.54) is 13.8 Å². The standard InChI is InChI=1S/C6H10ClNO2/c1-5(9)3-4-6(2,7)8-10/h3-4H2,1-2H3. The van der Waals surface area contributed by atoms with Crippen LogP contribution in [0.2, 0.25) is 0 Å². The van der Waals surface area contributed by atoms with E-state index in [9.17, 15) is 9.70 Å². The summed E-state index contributed by atoms with van der Waals surface area (Å²) < 4.78 is 0. The SMILES string of the molecule is CC(=O)CCC(C)(Cl)N=O. The lowest BCUT2D eigenvalue weighted by molar-refractivity contribution is -0.117. The van der Waals surface area contributed by atoms with Crippen LogP contribution in [0.1, 0.15) is 26.7 Å². The number of rotatable bonds is 4. The molecule has 0 aromatic rings. The van der Waals surface area contributed by atoms with Gasteiger partial charge in [-0.1, -0.05) is 11.6 Å². The van der Waals surface area contributed by atoms with Gasteiger partial charge in [0.15, 0.2) is 5.00 Å². The highest BCUT2D eigenvalue weighted by Crippen LogP contribution is 2.21. The minimum Gasteiger partial charge on any atom is -0.300 e. The van der Waals surface area contributed by atoms with Gasteiger partial charge in [-0.05, 0) is 25.4 Å². The zero-order valence-corrected chi connectivity index (χ0v) is 6.81. The van der Waals surface area contributed by atoms with Crippen LogP contribution in [0.5, 0.6) is 0 Å². The van der Waals surface area contributed by atoms with E-state index in [1.807, 2.05) is 0 Å². The molecule has 4 heteroatoms. The van der Waals surface area contributed by atoms with Gasteiger partial charge in [-0.2, -0.15) is 0 Å². The molecule has 10 heavy (non-hydrogen) atoms. The number of hydrogen-bond acceptors (Lipinski definition) is 3. The quantitative estimate of drug-likeness (QED) is 0.362. The second-order valence-corrected chi connectivity index (χ2v) is 3.25. The number of carbonyl (C=O) groups excluding carboxylic acids is 1. The zero-order valence-electron chi connectivity index (χ0n) is 6.06. The summed E-state index contributed by atoms with van der Waals surface area (Å²) in [4.78, 5) is 19.2. The van der Waals surface area contributed by atoms with Crippen LogP contribution in [0.4, 0.5) is 0 Å². The van der Waals surface area contributed by atoms with Crippen LogP contribution in [-0.4, -0.2) is 10.8 Å². The summed E-state index contributed by atoms with van der Waals surface area (Å²) in [6.45, 7) is 2.95. The molecule has 58 valence electrons. The van der Waals surface area contributed by atoms with Crippen LogP contribution in [0.3, 0.4) is 0 Å². The molecule has 0 spiro atoms. The molecule has 0 aliphatic carbocycles. The van der Waals surface area contributed by atoms with E-state index in [2.05, 4.69) is 5.18 Å². The van der Waals surface area contributed by atoms with E-state index < -0.39 is 5.00 Å². The highest BCUT2D eigenvalue weighted by Gasteiger charge is 2.21. The fraction of sp³-hybridized carbons (Fsp3) is 0.833. The maximum Gasteiger partial charge on any atom is 0.173 e. The Bertz CT molecular complexity index is 145. The molecular formula is C6H10ClNO2. The lowest BCUT2D eigenvalue weighted by Gasteiger charge is -2.09. The minimum atomic E-state index is -1.11. The normalized spacial score (nSPS) is 15.9. The monoisotopic (exact) mass is 163 g/mol. The Labute approximate surface area is 64.7 Å². The Morgan fingerprint density at radius 2 is 2.20 bits per heavy atom. The average Bonchev–Trinajstić information content (AvgIpc) is 1.85. The molecule has 3 nitrogen and oxygen atoms in total. The summed E-state index contributed by atoms with van der Waals surface area (Å²) in [5.74, 6) is 0.0236. The van der Waals surface area contributed by atoms with Gasteiger partial charge in [0.1, 0.15) is 5.78 Å². The lowest BCUT2D eigenvalue weighted by Crippen LogP contribution is -2.12. The molecule has 0 saturated heterocycles. The zero-order chi connectivity index (χ0) is 8.20. The van der Waals surface area contributed by atoms with Crippen molar-refractivity contribution in [2.75, 3.05) is 0 Å². The van der Waals surface area contributed by atoms with Gasteiger partial charge >= 0.3 is 0 Å². The number of ketones is 1. The Kier molecular flexibility index (Phi) is 3.50. The van der Waals surface area contributed by atoms with Gasteiger partial charge in [0.2, 0.25) is 0 Å². The van der Waals surface area contributed by atoms with Gasteiger partial charge in [-0.3, -0.25) is 0 Å². The van der Waals surface area contributed by atoms with Crippen molar-refractivity contribution in [3.05, 3.63) is 4.91 Å². The van der Waals surface area contributed by atoms with Gasteiger partial charge in [0.05, 0.1) is 0 Å². The molecule has 0 aromatic carbocycles. The first-order valence-corrected chi connectivity index (χ1v) is 3.38. The summed E-state index contributed by atoms with van der Waals surface area (Å²) in [5, 5.41) is 2.66. The van der Waals surface area contributed by atoms with E-state index in [0.29, 0.717) is 12.8 Å². The molecule has 0 aliphatic rings. The van der Waals surface area contributed by atoms with Crippen molar-refractivity contribution in [2.24, 2.45) is 5.18 Å². The third-order valence-corrected chi connectivity index (χ3v) is 1.38. The van der Waals surface area contributed by atoms with Gasteiger partial charge < -0.3 is 4.79 Å². The van der Waals surface area contributed by atoms with Crippen LogP contribution in [0.15, 0.2) is 5.18 Å². The number of alkyl halides is 1. The molecule has 0 N–H and O–H groups in total. The first-order valence-electron chi connectivity index (χ1n) is 3.01. The van der Waals surface area contributed by atoms with Crippen molar-refractivity contribution in [3.8, 4) is 0 Å². The first kappa shape index (κ1) is 9.56. The summed E-state index contributed by atoms with van der Waals surface area (Å²) in [5.41, 5.74) is 0. The highest BCUT2D eigenvalue weighted by molar-refractivity contribution is 6.23. The molecule has 0 aromatic heterocycles. The number of halogens is 1. The molecule has 0 rings (SSSR count). The number of nitrogens with zero attached hydrogens (tertiary/aromatic N) is 1. The van der Waals surface area contributed by atoms with Crippen LogP contribution >= 0.6 is 11.6 Å². The van der Waals surface area contributed by atoms with Gasteiger partial charge in [0, 0.05) is 6.42 Å². The average molecular weight is 164 g/mol. The maximum atomic E-state index is 10.4.